The number of rotatable bonds is 3. The minimum absolute atomic E-state index is 0. The Balaban J connectivity index is 0.00000220. The molecule has 1 saturated heterocycles. The van der Waals surface area contributed by atoms with E-state index >= 15 is 0 Å². The molecular formula is C17H25ClN2O. The van der Waals surface area contributed by atoms with E-state index in [1.165, 1.54) is 5.56 Å². The molecule has 1 fully saturated rings. The van der Waals surface area contributed by atoms with Crippen molar-refractivity contribution in [1.29, 1.82) is 5.26 Å². The van der Waals surface area contributed by atoms with Gasteiger partial charge in [-0.3, -0.25) is 0 Å². The molecule has 0 N–H and O–H groups in total. The smallest absolute Gasteiger partial charge is 0.122 e. The van der Waals surface area contributed by atoms with Crippen molar-refractivity contribution in [2.24, 2.45) is 5.92 Å². The molecule has 0 aliphatic carbocycles. The molecule has 1 aliphatic rings. The van der Waals surface area contributed by atoms with E-state index in [4.69, 9.17) is 4.74 Å². The quantitative estimate of drug-likeness (QED) is 0.855. The van der Waals surface area contributed by atoms with Gasteiger partial charge in [0.2, 0.25) is 0 Å². The summed E-state index contributed by atoms with van der Waals surface area (Å²) in [5.74, 6) is 1.34. The van der Waals surface area contributed by atoms with E-state index in [1.54, 1.807) is 7.11 Å². The first kappa shape index (κ1) is 17.8. The maximum absolute atomic E-state index is 9.37. The van der Waals surface area contributed by atoms with E-state index in [0.29, 0.717) is 18.4 Å². The molecule has 3 unspecified atom stereocenters. The summed E-state index contributed by atoms with van der Waals surface area (Å²) in [4.78, 5) is 2.38. The van der Waals surface area contributed by atoms with Crippen molar-refractivity contribution in [2.45, 2.75) is 38.1 Å². The van der Waals surface area contributed by atoms with Crippen molar-refractivity contribution in [3.8, 4) is 11.8 Å². The molecule has 1 aromatic rings. The Kier molecular flexibility index (Phi) is 6.07. The summed E-state index contributed by atoms with van der Waals surface area (Å²) >= 11 is 0. The van der Waals surface area contributed by atoms with Crippen LogP contribution in [-0.4, -0.2) is 31.6 Å². The molecule has 116 valence electrons. The molecule has 4 heteroatoms. The van der Waals surface area contributed by atoms with Crippen molar-refractivity contribution >= 4 is 12.4 Å². The van der Waals surface area contributed by atoms with Gasteiger partial charge in [0.25, 0.3) is 0 Å². The third-order valence-electron chi connectivity index (χ3n) is 4.96. The van der Waals surface area contributed by atoms with Gasteiger partial charge < -0.3 is 9.64 Å². The van der Waals surface area contributed by atoms with Gasteiger partial charge in [-0.25, -0.2) is 0 Å². The fourth-order valence-corrected chi connectivity index (χ4v) is 3.58. The minimum Gasteiger partial charge on any atom is -0.496 e. The largest absolute Gasteiger partial charge is 0.496 e. The summed E-state index contributed by atoms with van der Waals surface area (Å²) < 4.78 is 5.56. The molecule has 1 heterocycles. The van der Waals surface area contributed by atoms with Crippen LogP contribution in [0.3, 0.4) is 0 Å². The zero-order valence-electron chi connectivity index (χ0n) is 13.3. The van der Waals surface area contributed by atoms with Crippen LogP contribution in [0.4, 0.5) is 0 Å². The molecule has 0 saturated carbocycles. The first-order valence-corrected chi connectivity index (χ1v) is 7.26. The van der Waals surface area contributed by atoms with E-state index in [1.807, 2.05) is 18.2 Å². The monoisotopic (exact) mass is 308 g/mol. The number of piperidine rings is 1. The highest BCUT2D eigenvalue weighted by molar-refractivity contribution is 5.85. The Hall–Kier alpha value is -1.24. The van der Waals surface area contributed by atoms with E-state index in [0.717, 1.165) is 18.7 Å². The molecule has 0 spiro atoms. The second-order valence-corrected chi connectivity index (χ2v) is 6.09. The highest BCUT2D eigenvalue weighted by Crippen LogP contribution is 2.47. The van der Waals surface area contributed by atoms with Gasteiger partial charge in [0.05, 0.1) is 13.2 Å². The average molecular weight is 309 g/mol. The molecule has 2 rings (SSSR count). The number of nitriles is 1. The predicted octanol–water partition coefficient (Wildman–Crippen LogP) is 3.63. The summed E-state index contributed by atoms with van der Waals surface area (Å²) in [5, 5.41) is 9.37. The van der Waals surface area contributed by atoms with Gasteiger partial charge in [-0.05, 0) is 32.4 Å². The highest BCUT2D eigenvalue weighted by atomic mass is 35.5. The van der Waals surface area contributed by atoms with Gasteiger partial charge in [-0.1, -0.05) is 25.1 Å². The third-order valence-corrected chi connectivity index (χ3v) is 4.96. The second kappa shape index (κ2) is 7.15. The molecule has 1 aromatic carbocycles. The van der Waals surface area contributed by atoms with Crippen LogP contribution in [0.2, 0.25) is 0 Å². The first-order valence-electron chi connectivity index (χ1n) is 7.26. The van der Waals surface area contributed by atoms with E-state index in [2.05, 4.69) is 37.9 Å². The van der Waals surface area contributed by atoms with Crippen molar-refractivity contribution in [2.75, 3.05) is 20.7 Å². The molecule has 0 aromatic heterocycles. The lowest BCUT2D eigenvalue weighted by molar-refractivity contribution is 0.0754. The van der Waals surface area contributed by atoms with Crippen LogP contribution < -0.4 is 4.74 Å². The van der Waals surface area contributed by atoms with Gasteiger partial charge >= 0.3 is 0 Å². The standard InChI is InChI=1S/C17H24N2O.ClH/c1-13-12-19(3)14(2)11-17(13,9-10-18)15-7-5-6-8-16(15)20-4;/h5-8,13-14H,9,11-12H2,1-4H3;1H. The second-order valence-electron chi connectivity index (χ2n) is 6.09. The molecule has 0 amide bonds. The Labute approximate surface area is 134 Å². The zero-order valence-corrected chi connectivity index (χ0v) is 14.1. The number of nitrogens with zero attached hydrogens (tertiary/aromatic N) is 2. The fourth-order valence-electron chi connectivity index (χ4n) is 3.58. The predicted molar refractivity (Wildman–Crippen MR) is 88.0 cm³/mol. The lowest BCUT2D eigenvalue weighted by Crippen LogP contribution is -2.51. The summed E-state index contributed by atoms with van der Waals surface area (Å²) in [6.07, 6.45) is 1.55. The van der Waals surface area contributed by atoms with Gasteiger partial charge in [-0.15, -0.1) is 12.4 Å². The number of ether oxygens (including phenoxy) is 1. The number of hydrogen-bond donors (Lipinski definition) is 0. The summed E-state index contributed by atoms with van der Waals surface area (Å²) in [5.41, 5.74) is 1.09. The van der Waals surface area contributed by atoms with Crippen LogP contribution in [0, 0.1) is 17.2 Å². The first-order chi connectivity index (χ1) is 9.55. The molecule has 1 aliphatic heterocycles. The summed E-state index contributed by atoms with van der Waals surface area (Å²) in [6.45, 7) is 5.51. The summed E-state index contributed by atoms with van der Waals surface area (Å²) in [7, 11) is 3.88. The maximum atomic E-state index is 9.37. The van der Waals surface area contributed by atoms with E-state index in [-0.39, 0.29) is 17.8 Å². The van der Waals surface area contributed by atoms with Gasteiger partial charge in [-0.2, -0.15) is 5.26 Å². The topological polar surface area (TPSA) is 36.3 Å². The Bertz CT molecular complexity index is 514. The molecule has 21 heavy (non-hydrogen) atoms. The number of methoxy groups -OCH3 is 1. The lowest BCUT2D eigenvalue weighted by atomic mass is 9.63. The van der Waals surface area contributed by atoms with Crippen LogP contribution in [0.5, 0.6) is 5.75 Å². The van der Waals surface area contributed by atoms with Crippen molar-refractivity contribution < 1.29 is 4.74 Å². The van der Waals surface area contributed by atoms with E-state index in [9.17, 15) is 5.26 Å². The molecule has 0 bridgehead atoms. The van der Waals surface area contributed by atoms with Crippen LogP contribution in [0.25, 0.3) is 0 Å². The van der Waals surface area contributed by atoms with Crippen LogP contribution in [0.1, 0.15) is 32.3 Å². The highest BCUT2D eigenvalue weighted by Gasteiger charge is 2.45. The van der Waals surface area contributed by atoms with Gasteiger partial charge in [0.15, 0.2) is 0 Å². The normalized spacial score (nSPS) is 29.3. The van der Waals surface area contributed by atoms with Crippen molar-refractivity contribution in [3.63, 3.8) is 0 Å². The van der Waals surface area contributed by atoms with E-state index < -0.39 is 0 Å². The number of para-hydroxylation sites is 1. The van der Waals surface area contributed by atoms with Gasteiger partial charge in [0, 0.05) is 30.0 Å². The Morgan fingerprint density at radius 2 is 2.05 bits per heavy atom. The van der Waals surface area contributed by atoms with Gasteiger partial charge in [0.1, 0.15) is 5.75 Å². The average Bonchev–Trinajstić information content (AvgIpc) is 2.45. The fraction of sp³-hybridized carbons (Fsp3) is 0.588. The Morgan fingerprint density at radius 1 is 1.38 bits per heavy atom. The SMILES string of the molecule is COc1ccccc1C1(CC#N)CC(C)N(C)CC1C.Cl. The number of likely N-dealkylation sites (tertiary alicyclic amines) is 1. The van der Waals surface area contributed by atoms with Crippen LogP contribution >= 0.6 is 12.4 Å². The number of hydrogen-bond acceptors (Lipinski definition) is 3. The zero-order chi connectivity index (χ0) is 14.8. The lowest BCUT2D eigenvalue weighted by Gasteiger charge is -2.48. The number of halogens is 1. The number of benzene rings is 1. The molecular weight excluding hydrogens is 284 g/mol. The molecule has 0 radical (unpaired) electrons. The Morgan fingerprint density at radius 3 is 2.67 bits per heavy atom. The minimum atomic E-state index is -0.104. The van der Waals surface area contributed by atoms with Crippen LogP contribution in [0.15, 0.2) is 24.3 Å². The van der Waals surface area contributed by atoms with Crippen molar-refractivity contribution in [3.05, 3.63) is 29.8 Å². The van der Waals surface area contributed by atoms with Crippen molar-refractivity contribution in [1.82, 2.24) is 4.90 Å². The van der Waals surface area contributed by atoms with Crippen LogP contribution in [-0.2, 0) is 5.41 Å². The summed E-state index contributed by atoms with van der Waals surface area (Å²) in [6, 6.07) is 11.1. The molecule has 3 atom stereocenters. The third kappa shape index (κ3) is 3.17. The molecule has 3 nitrogen and oxygen atoms in total. The maximum Gasteiger partial charge on any atom is 0.122 e.